The minimum Gasteiger partial charge on any atom is -0.309 e. The largest absolute Gasteiger partial charge is 0.309 e. The summed E-state index contributed by atoms with van der Waals surface area (Å²) in [5, 5.41) is 0. The molecule has 0 fully saturated rings. The predicted molar refractivity (Wildman–Crippen MR) is 33.4 cm³/mol. The summed E-state index contributed by atoms with van der Waals surface area (Å²) in [5.74, 6) is 0.0486. The van der Waals surface area contributed by atoms with Crippen LogP contribution in [0.15, 0.2) is 0 Å². The van der Waals surface area contributed by atoms with Crippen molar-refractivity contribution >= 4 is 0 Å². The third kappa shape index (κ3) is 5.96. The van der Waals surface area contributed by atoms with Gasteiger partial charge in [0, 0.05) is 2.74 Å². The first kappa shape index (κ1) is 3.90. The molecule has 0 aromatic carbocycles. The van der Waals surface area contributed by atoms with Crippen LogP contribution in [0.1, 0.15) is 16.6 Å². The minimum atomic E-state index is -1.17. The van der Waals surface area contributed by atoms with Crippen molar-refractivity contribution < 1.29 is 2.74 Å². The second-order valence-electron chi connectivity index (χ2n) is 2.18. The highest BCUT2D eigenvalue weighted by Gasteiger charge is 1.92. The number of rotatable bonds is 2. The Morgan fingerprint density at radius 3 is 2.00 bits per heavy atom. The molecule has 1 nitrogen and oxygen atoms in total. The van der Waals surface area contributed by atoms with E-state index in [1.807, 2.05) is 13.8 Å². The molecular formula is C6H15N. The topological polar surface area (TPSA) is 3.24 Å². The Hall–Kier alpha value is -0.0400. The Morgan fingerprint density at radius 1 is 1.57 bits per heavy atom. The Labute approximate surface area is 49.1 Å². The molecule has 0 heterocycles. The van der Waals surface area contributed by atoms with Gasteiger partial charge in [-0.3, -0.25) is 0 Å². The van der Waals surface area contributed by atoms with Crippen LogP contribution in [0.5, 0.6) is 0 Å². The van der Waals surface area contributed by atoms with Crippen molar-refractivity contribution in [1.29, 1.82) is 0 Å². The third-order valence-electron chi connectivity index (χ3n) is 0.516. The van der Waals surface area contributed by atoms with Gasteiger partial charge in [-0.15, -0.1) is 0 Å². The lowest BCUT2D eigenvalue weighted by atomic mass is 10.2. The fourth-order valence-electron chi connectivity index (χ4n) is 0.516. The normalized spacial score (nSPS) is 17.4. The molecule has 0 aliphatic heterocycles. The smallest absolute Gasteiger partial charge is 0.0433 e. The van der Waals surface area contributed by atoms with E-state index < -0.39 is 6.50 Å². The number of nitrogens with zero attached hydrogens (tertiary/aromatic N) is 1. The summed E-state index contributed by atoms with van der Waals surface area (Å²) in [6, 6.07) is 0. The summed E-state index contributed by atoms with van der Waals surface area (Å²) in [5.41, 5.74) is 0. The van der Waals surface area contributed by atoms with Crippen molar-refractivity contribution in [3.63, 3.8) is 0 Å². The minimum absolute atomic E-state index is 0.0486. The van der Waals surface area contributed by atoms with Gasteiger partial charge in [0.25, 0.3) is 0 Å². The molecule has 0 aromatic heterocycles. The van der Waals surface area contributed by atoms with Crippen molar-refractivity contribution in [2.75, 3.05) is 20.6 Å². The SMILES string of the molecule is [2H]C([2H])(C(C)C)N(C)C. The molecule has 0 aliphatic carbocycles. The average Bonchev–Trinajstić information content (AvgIpc) is 1.65. The van der Waals surface area contributed by atoms with Gasteiger partial charge in [0.15, 0.2) is 0 Å². The van der Waals surface area contributed by atoms with Gasteiger partial charge in [0.05, 0.1) is 0 Å². The van der Waals surface area contributed by atoms with Crippen molar-refractivity contribution in [2.45, 2.75) is 13.8 Å². The van der Waals surface area contributed by atoms with Gasteiger partial charge in [-0.05, 0) is 26.5 Å². The summed E-state index contributed by atoms with van der Waals surface area (Å²) in [6.07, 6.45) is 0. The van der Waals surface area contributed by atoms with E-state index >= 15 is 0 Å². The van der Waals surface area contributed by atoms with Crippen molar-refractivity contribution in [1.82, 2.24) is 4.90 Å². The van der Waals surface area contributed by atoms with Crippen LogP contribution in [0, 0.1) is 5.92 Å². The molecule has 0 radical (unpaired) electrons. The highest BCUT2D eigenvalue weighted by atomic mass is 15.0. The van der Waals surface area contributed by atoms with Gasteiger partial charge >= 0.3 is 0 Å². The van der Waals surface area contributed by atoms with Crippen LogP contribution in [0.4, 0.5) is 0 Å². The van der Waals surface area contributed by atoms with Gasteiger partial charge in [-0.25, -0.2) is 0 Å². The van der Waals surface area contributed by atoms with E-state index in [2.05, 4.69) is 0 Å². The standard InChI is InChI=1S/C6H15N/c1-6(2)5-7(3)4/h6H,5H2,1-4H3/i5D2. The van der Waals surface area contributed by atoms with Gasteiger partial charge in [0.2, 0.25) is 0 Å². The first-order chi connectivity index (χ1) is 3.89. The fraction of sp³-hybridized carbons (Fsp3) is 1.00. The first-order valence-electron chi connectivity index (χ1n) is 3.56. The molecule has 0 rings (SSSR count). The second kappa shape index (κ2) is 3.03. The highest BCUT2D eigenvalue weighted by molar-refractivity contribution is 4.46. The summed E-state index contributed by atoms with van der Waals surface area (Å²) >= 11 is 0. The lowest BCUT2D eigenvalue weighted by Gasteiger charge is -2.10. The van der Waals surface area contributed by atoms with Crippen molar-refractivity contribution in [3.05, 3.63) is 0 Å². The monoisotopic (exact) mass is 103 g/mol. The van der Waals surface area contributed by atoms with E-state index in [0.29, 0.717) is 0 Å². The van der Waals surface area contributed by atoms with Crippen LogP contribution < -0.4 is 0 Å². The second-order valence-corrected chi connectivity index (χ2v) is 2.18. The fourth-order valence-corrected chi connectivity index (χ4v) is 0.516. The van der Waals surface area contributed by atoms with Crippen LogP contribution in [-0.4, -0.2) is 25.5 Å². The van der Waals surface area contributed by atoms with E-state index in [0.717, 1.165) is 0 Å². The molecular weight excluding hydrogens is 86.1 g/mol. The maximum Gasteiger partial charge on any atom is 0.0433 e. The van der Waals surface area contributed by atoms with E-state index in [1.54, 1.807) is 19.0 Å². The van der Waals surface area contributed by atoms with Crippen molar-refractivity contribution in [3.8, 4) is 0 Å². The van der Waals surface area contributed by atoms with Crippen LogP contribution in [0.2, 0.25) is 0 Å². The van der Waals surface area contributed by atoms with E-state index in [4.69, 9.17) is 2.74 Å². The molecule has 0 aromatic rings. The van der Waals surface area contributed by atoms with Crippen LogP contribution in [0.3, 0.4) is 0 Å². The zero-order valence-electron chi connectivity index (χ0n) is 7.52. The molecule has 0 unspecified atom stereocenters. The summed E-state index contributed by atoms with van der Waals surface area (Å²) in [4.78, 5) is 1.59. The molecule has 0 N–H and O–H groups in total. The van der Waals surface area contributed by atoms with E-state index in [1.165, 1.54) is 0 Å². The molecule has 0 spiro atoms. The Kier molecular flexibility index (Phi) is 1.69. The maximum atomic E-state index is 7.43. The van der Waals surface area contributed by atoms with Crippen LogP contribution >= 0.6 is 0 Å². The number of hydrogen-bond acceptors (Lipinski definition) is 1. The Balaban J connectivity index is 4.01. The van der Waals surface area contributed by atoms with E-state index in [-0.39, 0.29) is 5.92 Å². The predicted octanol–water partition coefficient (Wildman–Crippen LogP) is 1.20. The molecule has 0 amide bonds. The molecule has 44 valence electrons. The molecule has 0 saturated heterocycles. The van der Waals surface area contributed by atoms with Gasteiger partial charge in [0.1, 0.15) is 0 Å². The molecule has 1 heteroatoms. The summed E-state index contributed by atoms with van der Waals surface area (Å²) in [6.45, 7) is 2.58. The molecule has 0 bridgehead atoms. The quantitative estimate of drug-likeness (QED) is 0.507. The maximum absolute atomic E-state index is 7.43. The Morgan fingerprint density at radius 2 is 2.00 bits per heavy atom. The van der Waals surface area contributed by atoms with Crippen molar-refractivity contribution in [2.24, 2.45) is 5.92 Å². The average molecular weight is 103 g/mol. The van der Waals surface area contributed by atoms with Crippen LogP contribution in [-0.2, 0) is 0 Å². The lowest BCUT2D eigenvalue weighted by molar-refractivity contribution is 0.354. The Bertz CT molecular complexity index is 79.1. The third-order valence-corrected chi connectivity index (χ3v) is 0.516. The first-order valence-corrected chi connectivity index (χ1v) is 2.56. The summed E-state index contributed by atoms with van der Waals surface area (Å²) in [7, 11) is 3.50. The van der Waals surface area contributed by atoms with Crippen LogP contribution in [0.25, 0.3) is 0 Å². The zero-order valence-corrected chi connectivity index (χ0v) is 5.52. The highest BCUT2D eigenvalue weighted by Crippen LogP contribution is 1.90. The molecule has 0 aliphatic rings. The molecule has 7 heavy (non-hydrogen) atoms. The van der Waals surface area contributed by atoms with Gasteiger partial charge in [-0.1, -0.05) is 13.8 Å². The van der Waals surface area contributed by atoms with E-state index in [9.17, 15) is 0 Å². The van der Waals surface area contributed by atoms with Gasteiger partial charge < -0.3 is 4.90 Å². The lowest BCUT2D eigenvalue weighted by Crippen LogP contribution is -2.17. The summed E-state index contributed by atoms with van der Waals surface area (Å²) < 4.78 is 14.9. The van der Waals surface area contributed by atoms with Gasteiger partial charge in [-0.2, -0.15) is 0 Å². The molecule has 0 atom stereocenters. The molecule has 0 saturated carbocycles. The number of hydrogen-bond donors (Lipinski definition) is 0. The zero-order chi connectivity index (χ0) is 7.65.